The molecule has 0 amide bonds. The predicted molar refractivity (Wildman–Crippen MR) is 47.2 cm³/mol. The largest absolute Gasteiger partial charge is 0.389 e. The van der Waals surface area contributed by atoms with Crippen LogP contribution in [0.1, 0.15) is 19.3 Å². The van der Waals surface area contributed by atoms with Crippen LogP contribution in [-0.2, 0) is 0 Å². The van der Waals surface area contributed by atoms with Gasteiger partial charge in [0.2, 0.25) is 0 Å². The molecule has 76 valence electrons. The monoisotopic (exact) mass is 187 g/mol. The standard InChI is InChI=1S/C9H17NO3/c11-7-5-10-4-2-1-3-6(10)8(12)9(7)13/h6-9,11-13H,1-5H2/t6-,7-,8+,9+/m0/s1. The summed E-state index contributed by atoms with van der Waals surface area (Å²) in [6.45, 7) is 1.44. The van der Waals surface area contributed by atoms with Crippen molar-refractivity contribution in [2.45, 2.75) is 43.6 Å². The zero-order valence-electron chi connectivity index (χ0n) is 7.63. The normalized spacial score (nSPS) is 47.3. The Balaban J connectivity index is 2.08. The topological polar surface area (TPSA) is 63.9 Å². The number of fused-ring (bicyclic) bond motifs is 1. The van der Waals surface area contributed by atoms with Gasteiger partial charge in [-0.15, -0.1) is 0 Å². The lowest BCUT2D eigenvalue weighted by molar-refractivity contribution is -0.144. The molecule has 0 aromatic heterocycles. The van der Waals surface area contributed by atoms with Crippen molar-refractivity contribution in [1.82, 2.24) is 4.90 Å². The lowest BCUT2D eigenvalue weighted by atomic mass is 9.88. The third-order valence-corrected chi connectivity index (χ3v) is 3.22. The molecule has 4 nitrogen and oxygen atoms in total. The van der Waals surface area contributed by atoms with Crippen molar-refractivity contribution >= 4 is 0 Å². The van der Waals surface area contributed by atoms with Crippen molar-refractivity contribution < 1.29 is 15.3 Å². The Labute approximate surface area is 77.8 Å². The van der Waals surface area contributed by atoms with Gasteiger partial charge in [0.25, 0.3) is 0 Å². The van der Waals surface area contributed by atoms with Crippen LogP contribution < -0.4 is 0 Å². The Morgan fingerprint density at radius 1 is 1.00 bits per heavy atom. The fourth-order valence-corrected chi connectivity index (χ4v) is 2.43. The first kappa shape index (κ1) is 9.40. The van der Waals surface area contributed by atoms with Crippen LogP contribution in [0.5, 0.6) is 0 Å². The molecular weight excluding hydrogens is 170 g/mol. The zero-order valence-corrected chi connectivity index (χ0v) is 7.63. The molecule has 0 aliphatic carbocycles. The van der Waals surface area contributed by atoms with Gasteiger partial charge in [-0.25, -0.2) is 0 Å². The first-order valence-corrected chi connectivity index (χ1v) is 4.98. The molecule has 2 heterocycles. The number of aliphatic hydroxyl groups excluding tert-OH is 3. The van der Waals surface area contributed by atoms with E-state index >= 15 is 0 Å². The fourth-order valence-electron chi connectivity index (χ4n) is 2.43. The highest BCUT2D eigenvalue weighted by atomic mass is 16.4. The molecule has 0 unspecified atom stereocenters. The van der Waals surface area contributed by atoms with E-state index in [1.54, 1.807) is 0 Å². The first-order chi connectivity index (χ1) is 6.20. The summed E-state index contributed by atoms with van der Waals surface area (Å²) in [5.74, 6) is 0. The fraction of sp³-hybridized carbons (Fsp3) is 1.00. The average Bonchev–Trinajstić information content (AvgIpc) is 2.15. The Morgan fingerprint density at radius 3 is 2.54 bits per heavy atom. The number of nitrogens with zero attached hydrogens (tertiary/aromatic N) is 1. The van der Waals surface area contributed by atoms with Crippen LogP contribution in [-0.4, -0.2) is 57.7 Å². The van der Waals surface area contributed by atoms with Crippen LogP contribution in [0.2, 0.25) is 0 Å². The number of piperidine rings is 2. The molecule has 0 aromatic carbocycles. The molecule has 4 heteroatoms. The second-order valence-electron chi connectivity index (χ2n) is 4.11. The molecule has 3 N–H and O–H groups in total. The molecule has 0 saturated carbocycles. The van der Waals surface area contributed by atoms with Crippen molar-refractivity contribution in [3.63, 3.8) is 0 Å². The maximum Gasteiger partial charge on any atom is 0.108 e. The molecule has 2 aliphatic heterocycles. The minimum Gasteiger partial charge on any atom is -0.389 e. The third kappa shape index (κ3) is 1.59. The van der Waals surface area contributed by atoms with E-state index in [1.807, 2.05) is 0 Å². The van der Waals surface area contributed by atoms with Gasteiger partial charge >= 0.3 is 0 Å². The average molecular weight is 187 g/mol. The van der Waals surface area contributed by atoms with Gasteiger partial charge in [0, 0.05) is 12.6 Å². The van der Waals surface area contributed by atoms with Gasteiger partial charge in [0.15, 0.2) is 0 Å². The maximum atomic E-state index is 9.69. The van der Waals surface area contributed by atoms with E-state index in [0.717, 1.165) is 25.8 Å². The number of aliphatic hydroxyl groups is 3. The molecule has 0 aromatic rings. The van der Waals surface area contributed by atoms with Gasteiger partial charge in [-0.2, -0.15) is 0 Å². The van der Waals surface area contributed by atoms with Crippen molar-refractivity contribution in [2.75, 3.05) is 13.1 Å². The second kappa shape index (κ2) is 3.53. The quantitative estimate of drug-likeness (QED) is 0.452. The van der Waals surface area contributed by atoms with Gasteiger partial charge in [-0.1, -0.05) is 6.42 Å². The Hall–Kier alpha value is -0.160. The summed E-state index contributed by atoms with van der Waals surface area (Å²) in [6, 6.07) is 0.0622. The smallest absolute Gasteiger partial charge is 0.108 e. The number of hydrogen-bond donors (Lipinski definition) is 3. The lowest BCUT2D eigenvalue weighted by Gasteiger charge is -2.46. The van der Waals surface area contributed by atoms with E-state index in [1.165, 1.54) is 0 Å². The highest BCUT2D eigenvalue weighted by Gasteiger charge is 2.41. The van der Waals surface area contributed by atoms with Crippen LogP contribution >= 0.6 is 0 Å². The zero-order chi connectivity index (χ0) is 9.42. The Bertz CT molecular complexity index is 186. The molecule has 2 saturated heterocycles. The predicted octanol–water partition coefficient (Wildman–Crippen LogP) is -1.06. The molecule has 2 aliphatic rings. The number of rotatable bonds is 0. The third-order valence-electron chi connectivity index (χ3n) is 3.22. The molecule has 4 atom stereocenters. The van der Waals surface area contributed by atoms with E-state index in [9.17, 15) is 15.3 Å². The highest BCUT2D eigenvalue weighted by Crippen LogP contribution is 2.26. The van der Waals surface area contributed by atoms with E-state index < -0.39 is 18.3 Å². The molecule has 0 bridgehead atoms. The number of hydrogen-bond acceptors (Lipinski definition) is 4. The van der Waals surface area contributed by atoms with Gasteiger partial charge < -0.3 is 15.3 Å². The first-order valence-electron chi connectivity index (χ1n) is 4.98. The molecule has 0 radical (unpaired) electrons. The Kier molecular flexibility index (Phi) is 2.55. The van der Waals surface area contributed by atoms with E-state index in [4.69, 9.17) is 0 Å². The van der Waals surface area contributed by atoms with Crippen LogP contribution in [0, 0.1) is 0 Å². The minimum absolute atomic E-state index is 0.0622. The van der Waals surface area contributed by atoms with Crippen LogP contribution in [0.3, 0.4) is 0 Å². The SMILES string of the molecule is O[C@H]1[C@H](O)[C@@H]2CCCCN2C[C@@H]1O. The van der Waals surface area contributed by atoms with E-state index in [-0.39, 0.29) is 6.04 Å². The molecule has 2 fully saturated rings. The van der Waals surface area contributed by atoms with Crippen molar-refractivity contribution in [1.29, 1.82) is 0 Å². The van der Waals surface area contributed by atoms with Gasteiger partial charge in [-0.3, -0.25) is 4.90 Å². The summed E-state index contributed by atoms with van der Waals surface area (Å²) in [5, 5.41) is 28.6. The van der Waals surface area contributed by atoms with Gasteiger partial charge in [0.05, 0.1) is 12.2 Å². The lowest BCUT2D eigenvalue weighted by Crippen LogP contribution is -2.62. The maximum absolute atomic E-state index is 9.69. The Morgan fingerprint density at radius 2 is 1.77 bits per heavy atom. The van der Waals surface area contributed by atoms with Gasteiger partial charge in [0.1, 0.15) is 6.10 Å². The second-order valence-corrected chi connectivity index (χ2v) is 4.11. The van der Waals surface area contributed by atoms with Gasteiger partial charge in [-0.05, 0) is 19.4 Å². The van der Waals surface area contributed by atoms with Crippen molar-refractivity contribution in [3.8, 4) is 0 Å². The summed E-state index contributed by atoms with van der Waals surface area (Å²) in [7, 11) is 0. The van der Waals surface area contributed by atoms with E-state index in [2.05, 4.69) is 4.90 Å². The van der Waals surface area contributed by atoms with Crippen molar-refractivity contribution in [3.05, 3.63) is 0 Å². The molecular formula is C9H17NO3. The van der Waals surface area contributed by atoms with Crippen LogP contribution in [0.25, 0.3) is 0 Å². The molecule has 2 rings (SSSR count). The van der Waals surface area contributed by atoms with Crippen molar-refractivity contribution in [2.24, 2.45) is 0 Å². The summed E-state index contributed by atoms with van der Waals surface area (Å²) < 4.78 is 0. The van der Waals surface area contributed by atoms with Crippen LogP contribution in [0.4, 0.5) is 0 Å². The highest BCUT2D eigenvalue weighted by molar-refractivity contribution is 4.95. The summed E-state index contributed by atoms with van der Waals surface area (Å²) >= 11 is 0. The summed E-state index contributed by atoms with van der Waals surface area (Å²) in [6.07, 6.45) is 0.658. The molecule has 0 spiro atoms. The summed E-state index contributed by atoms with van der Waals surface area (Å²) in [5.41, 5.74) is 0. The van der Waals surface area contributed by atoms with E-state index in [0.29, 0.717) is 6.54 Å². The summed E-state index contributed by atoms with van der Waals surface area (Å²) in [4.78, 5) is 2.09. The molecule has 13 heavy (non-hydrogen) atoms. The minimum atomic E-state index is -0.959. The van der Waals surface area contributed by atoms with Crippen LogP contribution in [0.15, 0.2) is 0 Å².